The lowest BCUT2D eigenvalue weighted by Gasteiger charge is -2.28. The number of para-hydroxylation sites is 1. The van der Waals surface area contributed by atoms with Crippen LogP contribution in [0.25, 0.3) is 20.8 Å². The van der Waals surface area contributed by atoms with Crippen molar-refractivity contribution in [3.05, 3.63) is 60.0 Å². The number of thiazole rings is 1. The minimum absolute atomic E-state index is 0.416. The minimum Gasteiger partial charge on any atom is -0.390 e. The van der Waals surface area contributed by atoms with Crippen LogP contribution in [0.4, 0.5) is 17.2 Å². The van der Waals surface area contributed by atoms with Gasteiger partial charge in [-0.15, -0.1) is 11.3 Å². The number of aliphatic hydroxyl groups excluding tert-OH is 2. The van der Waals surface area contributed by atoms with E-state index in [1.807, 2.05) is 56.3 Å². The number of nitrogens with zero attached hydrogens (tertiary/aromatic N) is 3. The molecule has 0 spiro atoms. The lowest BCUT2D eigenvalue weighted by atomic mass is 9.88. The van der Waals surface area contributed by atoms with Crippen molar-refractivity contribution < 1.29 is 15.3 Å². The van der Waals surface area contributed by atoms with E-state index in [1.165, 1.54) is 0 Å². The van der Waals surface area contributed by atoms with Crippen molar-refractivity contribution in [3.63, 3.8) is 0 Å². The van der Waals surface area contributed by atoms with Gasteiger partial charge < -0.3 is 26.0 Å². The molecule has 36 heavy (non-hydrogen) atoms. The smallest absolute Gasteiger partial charge is 0.132 e. The Morgan fingerprint density at radius 3 is 2.39 bits per heavy atom. The number of aryl methyl sites for hydroxylation is 2. The van der Waals surface area contributed by atoms with Gasteiger partial charge in [-0.3, -0.25) is 4.98 Å². The lowest BCUT2D eigenvalue weighted by Crippen LogP contribution is -2.40. The first-order valence-electron chi connectivity index (χ1n) is 12.0. The number of aliphatic hydroxyl groups is 3. The van der Waals surface area contributed by atoms with Gasteiger partial charge in [0, 0.05) is 40.9 Å². The Kier molecular flexibility index (Phi) is 6.42. The average Bonchev–Trinajstić information content (AvgIpc) is 3.35. The van der Waals surface area contributed by atoms with Gasteiger partial charge in [-0.25, -0.2) is 9.97 Å². The molecule has 8 nitrogen and oxygen atoms in total. The number of pyridine rings is 2. The van der Waals surface area contributed by atoms with Gasteiger partial charge in [-0.1, -0.05) is 12.1 Å². The second-order valence-corrected chi connectivity index (χ2v) is 11.1. The third-order valence-corrected chi connectivity index (χ3v) is 7.78. The van der Waals surface area contributed by atoms with Crippen LogP contribution in [-0.2, 0) is 0 Å². The zero-order chi connectivity index (χ0) is 25.6. The first kappa shape index (κ1) is 24.6. The van der Waals surface area contributed by atoms with E-state index in [-0.39, 0.29) is 0 Å². The van der Waals surface area contributed by atoms with Crippen LogP contribution in [0, 0.1) is 19.8 Å². The molecule has 1 aliphatic rings. The molecule has 1 unspecified atom stereocenters. The lowest BCUT2D eigenvalue weighted by molar-refractivity contribution is -0.0601. The highest BCUT2D eigenvalue weighted by Gasteiger charge is 2.47. The number of anilines is 3. The van der Waals surface area contributed by atoms with Crippen LogP contribution >= 0.6 is 11.3 Å². The molecule has 5 N–H and O–H groups in total. The first-order chi connectivity index (χ1) is 17.1. The molecule has 0 radical (unpaired) electrons. The molecular formula is C27H31N5O3S. The van der Waals surface area contributed by atoms with Crippen LogP contribution in [0.3, 0.4) is 0 Å². The van der Waals surface area contributed by atoms with Gasteiger partial charge in [-0.05, 0) is 58.4 Å². The highest BCUT2D eigenvalue weighted by molar-refractivity contribution is 7.21. The molecule has 4 aromatic rings. The quantitative estimate of drug-likeness (QED) is 0.261. The zero-order valence-corrected chi connectivity index (χ0v) is 21.5. The summed E-state index contributed by atoms with van der Waals surface area (Å²) in [5, 5.41) is 39.6. The van der Waals surface area contributed by atoms with Crippen molar-refractivity contribution in [2.75, 3.05) is 10.6 Å². The SMILES string of the molecule is Cc1cc(Nc2cc(N[C@@H]3CC(C(C)(C)O)[C@@H](O)[C@H]3O)c(-c3nc4ccccc4s3)cn2)cc(C)n1. The monoisotopic (exact) mass is 505 g/mol. The number of aromatic nitrogens is 3. The van der Waals surface area contributed by atoms with Crippen molar-refractivity contribution >= 4 is 38.7 Å². The Hall–Kier alpha value is -3.11. The Labute approximate surface area is 214 Å². The molecule has 3 heterocycles. The maximum absolute atomic E-state index is 10.8. The average molecular weight is 506 g/mol. The van der Waals surface area contributed by atoms with Crippen molar-refractivity contribution in [2.24, 2.45) is 5.92 Å². The van der Waals surface area contributed by atoms with Crippen molar-refractivity contribution in [1.29, 1.82) is 0 Å². The standard InChI is InChI=1S/C27H31N5O3S/c1-14-9-16(10-15(2)29-14)30-23-12-20(31-21-11-18(27(3,4)35)24(33)25(21)34)17(13-28-23)26-32-19-7-5-6-8-22(19)36-26/h5-10,12-13,18,21,24-25,33-35H,11H2,1-4H3,(H2,28,29,30,31)/t18?,21-,24-,25+/m1/s1. The Balaban J connectivity index is 1.52. The summed E-state index contributed by atoms with van der Waals surface area (Å²) in [7, 11) is 0. The molecule has 9 heteroatoms. The van der Waals surface area contributed by atoms with E-state index in [0.717, 1.165) is 43.6 Å². The topological polar surface area (TPSA) is 123 Å². The van der Waals surface area contributed by atoms with Crippen LogP contribution < -0.4 is 10.6 Å². The van der Waals surface area contributed by atoms with Crippen molar-refractivity contribution in [1.82, 2.24) is 15.0 Å². The van der Waals surface area contributed by atoms with E-state index in [1.54, 1.807) is 31.4 Å². The molecular weight excluding hydrogens is 474 g/mol. The molecule has 3 aromatic heterocycles. The summed E-state index contributed by atoms with van der Waals surface area (Å²) in [6, 6.07) is 13.3. The maximum atomic E-state index is 10.8. The summed E-state index contributed by atoms with van der Waals surface area (Å²) in [5.74, 6) is 0.164. The van der Waals surface area contributed by atoms with E-state index < -0.39 is 29.8 Å². The van der Waals surface area contributed by atoms with Gasteiger partial charge in [0.15, 0.2) is 0 Å². The maximum Gasteiger partial charge on any atom is 0.132 e. The third-order valence-electron chi connectivity index (χ3n) is 6.71. The summed E-state index contributed by atoms with van der Waals surface area (Å²) in [4.78, 5) is 13.9. The third kappa shape index (κ3) is 4.92. The van der Waals surface area contributed by atoms with E-state index in [9.17, 15) is 15.3 Å². The van der Waals surface area contributed by atoms with E-state index >= 15 is 0 Å². The number of benzene rings is 1. The first-order valence-corrected chi connectivity index (χ1v) is 12.8. The van der Waals surface area contributed by atoms with Crippen LogP contribution in [0.15, 0.2) is 48.7 Å². The molecule has 188 valence electrons. The number of nitrogens with one attached hydrogen (secondary N) is 2. The molecule has 0 aliphatic heterocycles. The fourth-order valence-electron chi connectivity index (χ4n) is 4.93. The van der Waals surface area contributed by atoms with Crippen molar-refractivity contribution in [2.45, 2.75) is 58.0 Å². The minimum atomic E-state index is -1.12. The Morgan fingerprint density at radius 1 is 1.00 bits per heavy atom. The summed E-state index contributed by atoms with van der Waals surface area (Å²) in [5.41, 5.74) is 4.02. The molecule has 1 fully saturated rings. The largest absolute Gasteiger partial charge is 0.390 e. The predicted octanol–water partition coefficient (Wildman–Crippen LogP) is 4.41. The van der Waals surface area contributed by atoms with Gasteiger partial charge in [0.2, 0.25) is 0 Å². The molecule has 0 bridgehead atoms. The molecule has 0 amide bonds. The molecule has 4 atom stereocenters. The van der Waals surface area contributed by atoms with Gasteiger partial charge in [-0.2, -0.15) is 0 Å². The van der Waals surface area contributed by atoms with Crippen LogP contribution in [0.5, 0.6) is 0 Å². The van der Waals surface area contributed by atoms with Crippen LogP contribution in [-0.4, -0.2) is 54.1 Å². The normalized spacial score (nSPS) is 22.2. The van der Waals surface area contributed by atoms with Crippen LogP contribution in [0.1, 0.15) is 31.7 Å². The van der Waals surface area contributed by atoms with E-state index in [2.05, 4.69) is 20.6 Å². The number of rotatable bonds is 6. The highest BCUT2D eigenvalue weighted by Crippen LogP contribution is 2.40. The van der Waals surface area contributed by atoms with Gasteiger partial charge >= 0.3 is 0 Å². The van der Waals surface area contributed by atoms with E-state index in [0.29, 0.717) is 12.2 Å². The second kappa shape index (κ2) is 9.40. The zero-order valence-electron chi connectivity index (χ0n) is 20.7. The molecule has 1 saturated carbocycles. The van der Waals surface area contributed by atoms with Gasteiger partial charge in [0.05, 0.1) is 33.5 Å². The molecule has 1 aliphatic carbocycles. The summed E-state index contributed by atoms with van der Waals surface area (Å²) >= 11 is 1.57. The fourth-order valence-corrected chi connectivity index (χ4v) is 5.92. The highest BCUT2D eigenvalue weighted by atomic mass is 32.1. The number of hydrogen-bond donors (Lipinski definition) is 5. The Morgan fingerprint density at radius 2 is 1.72 bits per heavy atom. The molecule has 5 rings (SSSR count). The Bertz CT molecular complexity index is 1350. The summed E-state index contributed by atoms with van der Waals surface area (Å²) in [6.07, 6.45) is 0.128. The summed E-state index contributed by atoms with van der Waals surface area (Å²) in [6.45, 7) is 7.22. The second-order valence-electron chi connectivity index (χ2n) is 10.1. The fraction of sp³-hybridized carbons (Fsp3) is 0.370. The van der Waals surface area contributed by atoms with Gasteiger partial charge in [0.1, 0.15) is 16.9 Å². The molecule has 1 aromatic carbocycles. The number of fused-ring (bicyclic) bond motifs is 1. The molecule has 0 saturated heterocycles. The predicted molar refractivity (Wildman–Crippen MR) is 144 cm³/mol. The van der Waals surface area contributed by atoms with Crippen LogP contribution in [0.2, 0.25) is 0 Å². The summed E-state index contributed by atoms with van der Waals surface area (Å²) < 4.78 is 1.07. The number of hydrogen-bond acceptors (Lipinski definition) is 9. The van der Waals surface area contributed by atoms with Gasteiger partial charge in [0.25, 0.3) is 0 Å². The van der Waals surface area contributed by atoms with Crippen molar-refractivity contribution in [3.8, 4) is 10.6 Å². The van der Waals surface area contributed by atoms with E-state index in [4.69, 9.17) is 4.98 Å².